The van der Waals surface area contributed by atoms with Gasteiger partial charge in [-0.15, -0.1) is 0 Å². The van der Waals surface area contributed by atoms with Crippen LogP contribution in [0.3, 0.4) is 0 Å². The van der Waals surface area contributed by atoms with Crippen LogP contribution in [0, 0.1) is 0 Å². The van der Waals surface area contributed by atoms with Gasteiger partial charge < -0.3 is 10.1 Å². The number of rotatable bonds is 8. The zero-order chi connectivity index (χ0) is 19.4. The molecule has 0 saturated carbocycles. The lowest BCUT2D eigenvalue weighted by Gasteiger charge is -2.33. The van der Waals surface area contributed by atoms with Gasteiger partial charge in [-0.1, -0.05) is 24.9 Å². The van der Waals surface area contributed by atoms with Crippen LogP contribution in [0.15, 0.2) is 0 Å². The Kier molecular flexibility index (Phi) is 6.61. The molecule has 1 fully saturated rings. The van der Waals surface area contributed by atoms with Crippen molar-refractivity contribution in [1.29, 1.82) is 0 Å². The molecule has 0 atom stereocenters. The second-order valence-corrected chi connectivity index (χ2v) is 9.17. The molecule has 2 aliphatic heterocycles. The van der Waals surface area contributed by atoms with Crippen molar-refractivity contribution >= 4 is 27.5 Å². The number of halogens is 1. The van der Waals surface area contributed by atoms with Gasteiger partial charge in [-0.3, -0.25) is 9.69 Å². The van der Waals surface area contributed by atoms with E-state index in [4.69, 9.17) is 16.3 Å². The van der Waals surface area contributed by atoms with Crippen molar-refractivity contribution < 1.29 is 17.9 Å². The van der Waals surface area contributed by atoms with Crippen molar-refractivity contribution in [3.05, 3.63) is 10.7 Å². The van der Waals surface area contributed by atoms with E-state index in [1.54, 1.807) is 8.99 Å². The van der Waals surface area contributed by atoms with E-state index < -0.39 is 10.0 Å². The van der Waals surface area contributed by atoms with Gasteiger partial charge in [0.05, 0.1) is 12.3 Å². The molecular formula is C16H26ClN5O4S. The zero-order valence-electron chi connectivity index (χ0n) is 15.5. The molecular weight excluding hydrogens is 394 g/mol. The summed E-state index contributed by atoms with van der Waals surface area (Å²) in [5.41, 5.74) is 0.179. The molecule has 1 N–H and O–H groups in total. The standard InChI is InChI=1S/C16H26ClN5O4S/c1-2-3-12-27(24,25)21-8-6-20(7-9-21)5-4-18-15(23)14-13(17)16-22(19-14)10-11-26-16/h2-12H2,1H3,(H,18,23). The summed E-state index contributed by atoms with van der Waals surface area (Å²) in [4.78, 5) is 14.4. The first-order chi connectivity index (χ1) is 12.9. The molecule has 0 spiro atoms. The van der Waals surface area contributed by atoms with Crippen molar-refractivity contribution in [2.75, 3.05) is 51.6 Å². The van der Waals surface area contributed by atoms with Crippen LogP contribution in [0.1, 0.15) is 30.3 Å². The molecule has 152 valence electrons. The quantitative estimate of drug-likeness (QED) is 0.655. The number of carbonyl (C=O) groups is 1. The molecule has 9 nitrogen and oxygen atoms in total. The number of fused-ring (bicyclic) bond motifs is 1. The van der Waals surface area contributed by atoms with Crippen molar-refractivity contribution in [3.8, 4) is 5.88 Å². The molecule has 0 radical (unpaired) electrons. The number of nitrogens with zero attached hydrogens (tertiary/aromatic N) is 4. The fourth-order valence-corrected chi connectivity index (χ4v) is 5.09. The van der Waals surface area contributed by atoms with Gasteiger partial charge in [-0.2, -0.15) is 9.40 Å². The summed E-state index contributed by atoms with van der Waals surface area (Å²) in [6, 6.07) is 0. The second-order valence-electron chi connectivity index (χ2n) is 6.71. The van der Waals surface area contributed by atoms with Crippen LogP contribution in [-0.2, 0) is 16.6 Å². The lowest BCUT2D eigenvalue weighted by Crippen LogP contribution is -2.50. The highest BCUT2D eigenvalue weighted by Gasteiger charge is 2.27. The Morgan fingerprint density at radius 3 is 2.67 bits per heavy atom. The Balaban J connectivity index is 1.41. The van der Waals surface area contributed by atoms with Crippen LogP contribution in [0.5, 0.6) is 5.88 Å². The maximum Gasteiger partial charge on any atom is 0.273 e. The summed E-state index contributed by atoms with van der Waals surface area (Å²) in [7, 11) is -3.14. The van der Waals surface area contributed by atoms with Crippen LogP contribution in [-0.4, -0.2) is 84.9 Å². The molecule has 1 aromatic heterocycles. The number of aromatic nitrogens is 2. The van der Waals surface area contributed by atoms with E-state index in [2.05, 4.69) is 15.3 Å². The minimum Gasteiger partial charge on any atom is -0.475 e. The van der Waals surface area contributed by atoms with E-state index in [1.165, 1.54) is 0 Å². The predicted octanol–water partition coefficient (Wildman–Crippen LogP) is 0.406. The smallest absolute Gasteiger partial charge is 0.273 e. The average molecular weight is 420 g/mol. The van der Waals surface area contributed by atoms with E-state index in [0.717, 1.165) is 6.42 Å². The van der Waals surface area contributed by atoms with Crippen LogP contribution in [0.2, 0.25) is 5.02 Å². The van der Waals surface area contributed by atoms with Gasteiger partial charge in [0, 0.05) is 39.3 Å². The Labute approximate surface area is 164 Å². The first-order valence-electron chi connectivity index (χ1n) is 9.30. The van der Waals surface area contributed by atoms with Gasteiger partial charge in [0.2, 0.25) is 15.9 Å². The molecule has 1 saturated heterocycles. The van der Waals surface area contributed by atoms with E-state index in [9.17, 15) is 13.2 Å². The molecule has 1 aromatic rings. The Morgan fingerprint density at radius 1 is 1.26 bits per heavy atom. The lowest BCUT2D eigenvalue weighted by molar-refractivity contribution is 0.0939. The monoisotopic (exact) mass is 419 g/mol. The van der Waals surface area contributed by atoms with E-state index >= 15 is 0 Å². The summed E-state index contributed by atoms with van der Waals surface area (Å²) in [5, 5.41) is 7.24. The fraction of sp³-hybridized carbons (Fsp3) is 0.750. The summed E-state index contributed by atoms with van der Waals surface area (Å²) < 4.78 is 33.0. The highest BCUT2D eigenvalue weighted by atomic mass is 35.5. The molecule has 27 heavy (non-hydrogen) atoms. The maximum absolute atomic E-state index is 12.3. The number of unbranched alkanes of at least 4 members (excludes halogenated alkanes) is 1. The molecule has 1 amide bonds. The van der Waals surface area contributed by atoms with Gasteiger partial charge in [0.15, 0.2) is 5.69 Å². The molecule has 0 aliphatic carbocycles. The van der Waals surface area contributed by atoms with Gasteiger partial charge in [0.25, 0.3) is 5.91 Å². The predicted molar refractivity (Wildman–Crippen MR) is 102 cm³/mol. The first-order valence-corrected chi connectivity index (χ1v) is 11.3. The number of ether oxygens (including phenoxy) is 1. The van der Waals surface area contributed by atoms with Crippen molar-refractivity contribution in [2.24, 2.45) is 0 Å². The van der Waals surface area contributed by atoms with Gasteiger partial charge >= 0.3 is 0 Å². The number of sulfonamides is 1. The fourth-order valence-electron chi connectivity index (χ4n) is 3.19. The van der Waals surface area contributed by atoms with Gasteiger partial charge in [-0.05, 0) is 6.42 Å². The molecule has 3 heterocycles. The van der Waals surface area contributed by atoms with E-state index in [0.29, 0.717) is 64.7 Å². The van der Waals surface area contributed by atoms with Crippen LogP contribution in [0.4, 0.5) is 0 Å². The molecule has 3 rings (SSSR count). The summed E-state index contributed by atoms with van der Waals surface area (Å²) in [6.07, 6.45) is 1.56. The van der Waals surface area contributed by atoms with E-state index in [1.807, 2.05) is 6.92 Å². The normalized spacial score (nSPS) is 18.3. The first kappa shape index (κ1) is 20.4. The van der Waals surface area contributed by atoms with Crippen molar-refractivity contribution in [3.63, 3.8) is 0 Å². The summed E-state index contributed by atoms with van der Waals surface area (Å²) >= 11 is 6.15. The average Bonchev–Trinajstić information content (AvgIpc) is 3.23. The minimum absolute atomic E-state index is 0.179. The molecule has 2 aliphatic rings. The molecule has 0 aromatic carbocycles. The largest absolute Gasteiger partial charge is 0.475 e. The Morgan fingerprint density at radius 2 is 2.00 bits per heavy atom. The number of hydrogen-bond acceptors (Lipinski definition) is 6. The summed E-state index contributed by atoms with van der Waals surface area (Å²) in [6.45, 7) is 6.51. The summed E-state index contributed by atoms with van der Waals surface area (Å²) in [5.74, 6) is 0.340. The Hall–Kier alpha value is -1.36. The van der Waals surface area contributed by atoms with Gasteiger partial charge in [0.1, 0.15) is 11.6 Å². The number of piperazine rings is 1. The molecule has 0 unspecified atom stereocenters. The SMILES string of the molecule is CCCCS(=O)(=O)N1CCN(CCNC(=O)c2nn3c(c2Cl)OCC3)CC1. The third-order valence-electron chi connectivity index (χ3n) is 4.80. The molecule has 11 heteroatoms. The zero-order valence-corrected chi connectivity index (χ0v) is 17.1. The van der Waals surface area contributed by atoms with E-state index in [-0.39, 0.29) is 22.4 Å². The number of amides is 1. The third kappa shape index (κ3) is 4.74. The lowest BCUT2D eigenvalue weighted by atomic mass is 10.3. The topological polar surface area (TPSA) is 96.8 Å². The number of carbonyl (C=O) groups excluding carboxylic acids is 1. The highest BCUT2D eigenvalue weighted by molar-refractivity contribution is 7.89. The van der Waals surface area contributed by atoms with Crippen LogP contribution >= 0.6 is 11.6 Å². The highest BCUT2D eigenvalue weighted by Crippen LogP contribution is 2.31. The van der Waals surface area contributed by atoms with Crippen molar-refractivity contribution in [1.82, 2.24) is 24.3 Å². The number of nitrogens with one attached hydrogen (secondary N) is 1. The third-order valence-corrected chi connectivity index (χ3v) is 7.10. The van der Waals surface area contributed by atoms with Gasteiger partial charge in [-0.25, -0.2) is 13.1 Å². The maximum atomic E-state index is 12.3. The van der Waals surface area contributed by atoms with Crippen LogP contribution < -0.4 is 10.1 Å². The minimum atomic E-state index is -3.14. The van der Waals surface area contributed by atoms with Crippen LogP contribution in [0.25, 0.3) is 0 Å². The number of hydrogen-bond donors (Lipinski definition) is 1. The van der Waals surface area contributed by atoms with Crippen molar-refractivity contribution in [2.45, 2.75) is 26.3 Å². The second kappa shape index (κ2) is 8.76. The molecule has 0 bridgehead atoms. The Bertz CT molecular complexity index is 774.